The van der Waals surface area contributed by atoms with Crippen molar-refractivity contribution in [2.75, 3.05) is 37.2 Å². The summed E-state index contributed by atoms with van der Waals surface area (Å²) in [6, 6.07) is 0. The Bertz CT molecular complexity index is 394. The van der Waals surface area contributed by atoms with E-state index in [4.69, 9.17) is 5.73 Å². The van der Waals surface area contributed by atoms with Gasteiger partial charge in [0, 0.05) is 24.6 Å². The summed E-state index contributed by atoms with van der Waals surface area (Å²) < 4.78 is 40.4. The van der Waals surface area contributed by atoms with Gasteiger partial charge in [-0.1, -0.05) is 0 Å². The molecule has 0 bridgehead atoms. The average molecular weight is 281 g/mol. The predicted octanol–water partition coefficient (Wildman–Crippen LogP) is 1.42. The second kappa shape index (κ2) is 5.27. The summed E-state index contributed by atoms with van der Waals surface area (Å²) in [6.45, 7) is 0.725. The van der Waals surface area contributed by atoms with Crippen LogP contribution in [0.1, 0.15) is 6.42 Å². The van der Waals surface area contributed by atoms with Crippen LogP contribution in [-0.4, -0.2) is 46.6 Å². The number of hydrogen-bond acceptors (Lipinski definition) is 6. The fourth-order valence-electron chi connectivity index (χ4n) is 2.01. The van der Waals surface area contributed by atoms with Crippen molar-refractivity contribution in [2.45, 2.75) is 12.6 Å². The van der Waals surface area contributed by atoms with Crippen molar-refractivity contribution < 1.29 is 13.2 Å². The van der Waals surface area contributed by atoms with Gasteiger partial charge in [-0.15, -0.1) is 0 Å². The molecular weight excluding hydrogens is 267 g/mol. The van der Waals surface area contributed by atoms with E-state index in [1.807, 2.05) is 0 Å². The number of nitrogens with one attached hydrogen (secondary N) is 1. The number of aromatic nitrogens is 2. The van der Waals surface area contributed by atoms with Crippen molar-refractivity contribution in [1.29, 1.82) is 0 Å². The van der Waals surface area contributed by atoms with Crippen LogP contribution in [0.2, 0.25) is 0 Å². The summed E-state index contributed by atoms with van der Waals surface area (Å²) in [5.74, 6) is 0.421. The number of nitrogen functional groups attached to an aromatic ring is 1. The van der Waals surface area contributed by atoms with Crippen LogP contribution < -0.4 is 11.1 Å². The van der Waals surface area contributed by atoms with Gasteiger partial charge in [0.25, 0.3) is 0 Å². The van der Waals surface area contributed by atoms with Gasteiger partial charge in [0.05, 0.1) is 6.54 Å². The van der Waals surface area contributed by atoms with E-state index in [0.717, 1.165) is 18.0 Å². The number of anilines is 2. The molecule has 1 saturated heterocycles. The van der Waals surface area contributed by atoms with Gasteiger partial charge in [-0.3, -0.25) is 4.90 Å². The molecule has 0 saturated carbocycles. The zero-order valence-corrected chi connectivity index (χ0v) is 10.4. The van der Waals surface area contributed by atoms with Gasteiger partial charge in [0.2, 0.25) is 11.1 Å². The Morgan fingerprint density at radius 3 is 2.89 bits per heavy atom. The Hall–Kier alpha value is -1.09. The van der Waals surface area contributed by atoms with E-state index in [9.17, 15) is 13.2 Å². The monoisotopic (exact) mass is 281 g/mol. The van der Waals surface area contributed by atoms with E-state index in [1.54, 1.807) is 0 Å². The smallest absolute Gasteiger partial charge is 0.367 e. The number of alkyl halides is 3. The topological polar surface area (TPSA) is 67.1 Å². The Morgan fingerprint density at radius 2 is 2.28 bits per heavy atom. The highest BCUT2D eigenvalue weighted by molar-refractivity contribution is 7.09. The van der Waals surface area contributed by atoms with Gasteiger partial charge < -0.3 is 11.1 Å². The van der Waals surface area contributed by atoms with Crippen LogP contribution >= 0.6 is 11.5 Å². The molecule has 0 spiro atoms. The SMILES string of the molecule is Nc1nsc(NCC2CCN(CC(F)(F)F)C2)n1. The molecule has 2 rings (SSSR count). The molecule has 1 fully saturated rings. The van der Waals surface area contributed by atoms with Crippen LogP contribution in [0, 0.1) is 5.92 Å². The lowest BCUT2D eigenvalue weighted by atomic mass is 10.1. The predicted molar refractivity (Wildman–Crippen MR) is 63.4 cm³/mol. The zero-order valence-electron chi connectivity index (χ0n) is 9.57. The van der Waals surface area contributed by atoms with E-state index in [2.05, 4.69) is 14.7 Å². The number of hydrogen-bond donors (Lipinski definition) is 2. The molecule has 0 amide bonds. The Labute approximate surface area is 106 Å². The first-order valence-electron chi connectivity index (χ1n) is 5.54. The summed E-state index contributed by atoms with van der Waals surface area (Å²) in [5, 5.41) is 3.66. The van der Waals surface area contributed by atoms with Crippen molar-refractivity contribution in [3.05, 3.63) is 0 Å². The molecule has 1 aliphatic heterocycles. The zero-order chi connectivity index (χ0) is 13.2. The van der Waals surface area contributed by atoms with Gasteiger partial charge in [-0.2, -0.15) is 22.5 Å². The average Bonchev–Trinajstić information content (AvgIpc) is 2.82. The molecule has 0 radical (unpaired) electrons. The molecule has 1 aromatic heterocycles. The van der Waals surface area contributed by atoms with Crippen LogP contribution in [0.15, 0.2) is 0 Å². The van der Waals surface area contributed by atoms with Crippen molar-refractivity contribution in [3.8, 4) is 0 Å². The first-order chi connectivity index (χ1) is 8.42. The standard InChI is InChI=1S/C9H14F3N5S/c10-9(11,12)5-17-2-1-6(4-17)3-14-8-15-7(13)16-18-8/h6H,1-5H2,(H3,13,14,15,16). The lowest BCUT2D eigenvalue weighted by molar-refractivity contribution is -0.143. The molecule has 18 heavy (non-hydrogen) atoms. The van der Waals surface area contributed by atoms with Gasteiger partial charge in [-0.05, 0) is 18.9 Å². The van der Waals surface area contributed by atoms with Crippen molar-refractivity contribution >= 4 is 22.6 Å². The quantitative estimate of drug-likeness (QED) is 0.873. The maximum absolute atomic E-state index is 12.2. The van der Waals surface area contributed by atoms with Gasteiger partial charge in [-0.25, -0.2) is 0 Å². The normalized spacial score (nSPS) is 21.4. The molecule has 5 nitrogen and oxygen atoms in total. The minimum Gasteiger partial charge on any atom is -0.367 e. The minimum atomic E-state index is -4.12. The number of rotatable bonds is 4. The lowest BCUT2D eigenvalue weighted by Gasteiger charge is -2.17. The summed E-state index contributed by atoms with van der Waals surface area (Å²) in [5.41, 5.74) is 5.37. The van der Waals surface area contributed by atoms with Crippen molar-refractivity contribution in [2.24, 2.45) is 5.92 Å². The van der Waals surface area contributed by atoms with Gasteiger partial charge in [0.15, 0.2) is 0 Å². The summed E-state index contributed by atoms with van der Waals surface area (Å²) in [4.78, 5) is 5.36. The van der Waals surface area contributed by atoms with E-state index >= 15 is 0 Å². The van der Waals surface area contributed by atoms with E-state index < -0.39 is 12.7 Å². The van der Waals surface area contributed by atoms with Crippen molar-refractivity contribution in [1.82, 2.24) is 14.3 Å². The number of likely N-dealkylation sites (tertiary alicyclic amines) is 1. The van der Waals surface area contributed by atoms with Crippen LogP contribution in [0.3, 0.4) is 0 Å². The Kier molecular flexibility index (Phi) is 3.91. The molecular formula is C9H14F3N5S. The molecule has 0 aromatic carbocycles. The third-order valence-corrected chi connectivity index (χ3v) is 3.44. The van der Waals surface area contributed by atoms with Crippen LogP contribution in [-0.2, 0) is 0 Å². The number of nitrogens with zero attached hydrogens (tertiary/aromatic N) is 3. The molecule has 1 unspecified atom stereocenters. The molecule has 1 aromatic rings. The molecule has 1 atom stereocenters. The largest absolute Gasteiger partial charge is 0.401 e. The fraction of sp³-hybridized carbons (Fsp3) is 0.778. The van der Waals surface area contributed by atoms with Crippen LogP contribution in [0.5, 0.6) is 0 Å². The molecule has 9 heteroatoms. The summed E-state index contributed by atoms with van der Waals surface area (Å²) in [6.07, 6.45) is -3.35. The third kappa shape index (κ3) is 3.98. The lowest BCUT2D eigenvalue weighted by Crippen LogP contribution is -2.33. The molecule has 102 valence electrons. The van der Waals surface area contributed by atoms with Crippen LogP contribution in [0.25, 0.3) is 0 Å². The Balaban J connectivity index is 1.73. The third-order valence-electron chi connectivity index (χ3n) is 2.76. The summed E-state index contributed by atoms with van der Waals surface area (Å²) >= 11 is 1.15. The van der Waals surface area contributed by atoms with E-state index in [-0.39, 0.29) is 11.9 Å². The highest BCUT2D eigenvalue weighted by Crippen LogP contribution is 2.23. The van der Waals surface area contributed by atoms with Gasteiger partial charge >= 0.3 is 6.18 Å². The number of halogens is 3. The molecule has 1 aliphatic rings. The molecule has 3 N–H and O–H groups in total. The fourth-order valence-corrected chi connectivity index (χ4v) is 2.52. The van der Waals surface area contributed by atoms with Crippen molar-refractivity contribution in [3.63, 3.8) is 0 Å². The maximum atomic E-state index is 12.2. The first-order valence-corrected chi connectivity index (χ1v) is 6.32. The number of nitrogens with two attached hydrogens (primary N) is 1. The van der Waals surface area contributed by atoms with E-state index in [1.165, 1.54) is 4.90 Å². The molecule has 0 aliphatic carbocycles. The molecule has 2 heterocycles. The first kappa shape index (κ1) is 13.3. The second-order valence-electron chi connectivity index (χ2n) is 4.34. The van der Waals surface area contributed by atoms with Gasteiger partial charge in [0.1, 0.15) is 0 Å². The second-order valence-corrected chi connectivity index (χ2v) is 5.10. The minimum absolute atomic E-state index is 0.206. The maximum Gasteiger partial charge on any atom is 0.401 e. The van der Waals surface area contributed by atoms with Crippen LogP contribution in [0.4, 0.5) is 24.3 Å². The Morgan fingerprint density at radius 1 is 1.50 bits per heavy atom. The summed E-state index contributed by atoms with van der Waals surface area (Å²) in [7, 11) is 0. The highest BCUT2D eigenvalue weighted by Gasteiger charge is 2.34. The van der Waals surface area contributed by atoms with E-state index in [0.29, 0.717) is 24.8 Å². The highest BCUT2D eigenvalue weighted by atomic mass is 32.1.